The lowest BCUT2D eigenvalue weighted by Crippen LogP contribution is -1.73. The normalized spacial score (nSPS) is 10.7. The SMILES string of the molecule is C/C=C/C(C)C.C/C=C\CC. The maximum atomic E-state index is 2.17. The number of hydrogen-bond acceptors (Lipinski definition) is 0. The topological polar surface area (TPSA) is 0 Å². The Morgan fingerprint density at radius 1 is 1.09 bits per heavy atom. The summed E-state index contributed by atoms with van der Waals surface area (Å²) < 4.78 is 0. The van der Waals surface area contributed by atoms with E-state index in [1.165, 1.54) is 0 Å². The molecule has 0 aliphatic carbocycles. The highest BCUT2D eigenvalue weighted by Gasteiger charge is 1.76. The van der Waals surface area contributed by atoms with Gasteiger partial charge >= 0.3 is 0 Å². The highest BCUT2D eigenvalue weighted by Crippen LogP contribution is 1.90. The zero-order chi connectivity index (χ0) is 9.11. The fourth-order valence-electron chi connectivity index (χ4n) is 0.621. The molecule has 0 unspecified atom stereocenters. The summed E-state index contributed by atoms with van der Waals surface area (Å²) in [5, 5.41) is 0. The van der Waals surface area contributed by atoms with Gasteiger partial charge in [0.1, 0.15) is 0 Å². The van der Waals surface area contributed by atoms with E-state index in [0.29, 0.717) is 0 Å². The third-order valence-corrected chi connectivity index (χ3v) is 1.05. The molecule has 0 aromatic heterocycles. The van der Waals surface area contributed by atoms with E-state index in [0.717, 1.165) is 12.3 Å². The van der Waals surface area contributed by atoms with E-state index in [1.54, 1.807) is 0 Å². The summed E-state index contributed by atoms with van der Waals surface area (Å²) >= 11 is 0. The molecule has 0 saturated carbocycles. The van der Waals surface area contributed by atoms with Crippen molar-refractivity contribution >= 4 is 0 Å². The van der Waals surface area contributed by atoms with Crippen molar-refractivity contribution in [3.8, 4) is 0 Å². The maximum Gasteiger partial charge on any atom is -0.0291 e. The van der Waals surface area contributed by atoms with Gasteiger partial charge in [0.25, 0.3) is 0 Å². The van der Waals surface area contributed by atoms with Crippen molar-refractivity contribution in [3.05, 3.63) is 24.3 Å². The molecule has 0 amide bonds. The van der Waals surface area contributed by atoms with Gasteiger partial charge in [-0.15, -0.1) is 0 Å². The average Bonchev–Trinajstić information content (AvgIpc) is 1.90. The van der Waals surface area contributed by atoms with Crippen molar-refractivity contribution in [1.82, 2.24) is 0 Å². The van der Waals surface area contributed by atoms with E-state index >= 15 is 0 Å². The molecule has 0 aromatic rings. The van der Waals surface area contributed by atoms with Crippen LogP contribution in [0.4, 0.5) is 0 Å². The van der Waals surface area contributed by atoms with Crippen LogP contribution in [0.3, 0.4) is 0 Å². The third kappa shape index (κ3) is 26.4. The van der Waals surface area contributed by atoms with Gasteiger partial charge in [0.05, 0.1) is 0 Å². The second-order valence-electron chi connectivity index (χ2n) is 2.75. The van der Waals surface area contributed by atoms with Gasteiger partial charge in [-0.25, -0.2) is 0 Å². The molecule has 0 aliphatic heterocycles. The van der Waals surface area contributed by atoms with Crippen LogP contribution in [0.15, 0.2) is 24.3 Å². The fraction of sp³-hybridized carbons (Fsp3) is 0.636. The molecule has 0 spiro atoms. The smallest absolute Gasteiger partial charge is 0.0291 e. The Kier molecular flexibility index (Phi) is 14.5. The minimum Gasteiger partial charge on any atom is -0.0917 e. The summed E-state index contributed by atoms with van der Waals surface area (Å²) in [4.78, 5) is 0. The Hall–Kier alpha value is -0.520. The van der Waals surface area contributed by atoms with Crippen LogP contribution in [0.25, 0.3) is 0 Å². The summed E-state index contributed by atoms with van der Waals surface area (Å²) in [6.45, 7) is 10.5. The quantitative estimate of drug-likeness (QED) is 0.523. The lowest BCUT2D eigenvalue weighted by atomic mass is 10.2. The van der Waals surface area contributed by atoms with Crippen molar-refractivity contribution in [2.75, 3.05) is 0 Å². The van der Waals surface area contributed by atoms with Gasteiger partial charge in [-0.1, -0.05) is 45.1 Å². The van der Waals surface area contributed by atoms with Crippen LogP contribution in [0.2, 0.25) is 0 Å². The molecule has 0 bridgehead atoms. The summed E-state index contributed by atoms with van der Waals surface area (Å²) in [7, 11) is 0. The molecule has 0 aromatic carbocycles. The zero-order valence-electron chi connectivity index (χ0n) is 8.59. The zero-order valence-corrected chi connectivity index (χ0v) is 8.59. The van der Waals surface area contributed by atoms with Crippen LogP contribution >= 0.6 is 0 Å². The highest BCUT2D eigenvalue weighted by molar-refractivity contribution is 4.79. The van der Waals surface area contributed by atoms with Crippen LogP contribution < -0.4 is 0 Å². The van der Waals surface area contributed by atoms with Crippen molar-refractivity contribution in [1.29, 1.82) is 0 Å². The molecule has 0 N–H and O–H groups in total. The first-order valence-corrected chi connectivity index (χ1v) is 4.42. The van der Waals surface area contributed by atoms with Crippen LogP contribution in [-0.2, 0) is 0 Å². The first-order chi connectivity index (χ1) is 5.18. The Balaban J connectivity index is 0. The van der Waals surface area contributed by atoms with E-state index < -0.39 is 0 Å². The second-order valence-corrected chi connectivity index (χ2v) is 2.75. The van der Waals surface area contributed by atoms with Gasteiger partial charge in [-0.2, -0.15) is 0 Å². The van der Waals surface area contributed by atoms with Crippen LogP contribution in [-0.4, -0.2) is 0 Å². The summed E-state index contributed by atoms with van der Waals surface area (Å²) in [6.07, 6.45) is 9.58. The monoisotopic (exact) mass is 154 g/mol. The molecule has 0 rings (SSSR count). The van der Waals surface area contributed by atoms with Crippen LogP contribution in [0, 0.1) is 5.92 Å². The Morgan fingerprint density at radius 2 is 1.64 bits per heavy atom. The number of hydrogen-bond donors (Lipinski definition) is 0. The largest absolute Gasteiger partial charge is 0.0917 e. The minimum atomic E-state index is 0.718. The molecule has 66 valence electrons. The maximum absolute atomic E-state index is 2.17. The van der Waals surface area contributed by atoms with Crippen molar-refractivity contribution < 1.29 is 0 Å². The molecule has 0 fully saturated rings. The van der Waals surface area contributed by atoms with E-state index in [9.17, 15) is 0 Å². The predicted molar refractivity (Wildman–Crippen MR) is 54.8 cm³/mol. The molecule has 0 radical (unpaired) electrons. The standard InChI is InChI=1S/C6H12.C5H10/c1-4-5-6(2)3;1-3-5-4-2/h4-6H,1-3H3;3,5H,4H2,1-2H3/b5-4+;5-3-. The summed E-state index contributed by atoms with van der Waals surface area (Å²) in [5.41, 5.74) is 0. The van der Waals surface area contributed by atoms with E-state index in [4.69, 9.17) is 0 Å². The van der Waals surface area contributed by atoms with Gasteiger partial charge in [-0.05, 0) is 26.2 Å². The fourth-order valence-corrected chi connectivity index (χ4v) is 0.621. The number of rotatable bonds is 2. The van der Waals surface area contributed by atoms with Gasteiger partial charge < -0.3 is 0 Å². The van der Waals surface area contributed by atoms with Crippen LogP contribution in [0.5, 0.6) is 0 Å². The first-order valence-electron chi connectivity index (χ1n) is 4.42. The van der Waals surface area contributed by atoms with Gasteiger partial charge in [-0.3, -0.25) is 0 Å². The summed E-state index contributed by atoms with van der Waals surface area (Å²) in [5.74, 6) is 0.718. The lowest BCUT2D eigenvalue weighted by molar-refractivity contribution is 0.830. The third-order valence-electron chi connectivity index (χ3n) is 1.05. The van der Waals surface area contributed by atoms with Crippen molar-refractivity contribution in [2.45, 2.75) is 41.0 Å². The second kappa shape index (κ2) is 12.2. The minimum absolute atomic E-state index is 0.718. The van der Waals surface area contributed by atoms with Crippen molar-refractivity contribution in [2.24, 2.45) is 5.92 Å². The summed E-state index contributed by atoms with van der Waals surface area (Å²) in [6, 6.07) is 0. The number of allylic oxidation sites excluding steroid dienone is 4. The molecule has 0 heterocycles. The Morgan fingerprint density at radius 3 is 1.64 bits per heavy atom. The molecule has 0 atom stereocenters. The Bertz CT molecular complexity index is 96.6. The molecule has 0 nitrogen and oxygen atoms in total. The van der Waals surface area contributed by atoms with E-state index in [2.05, 4.69) is 45.1 Å². The van der Waals surface area contributed by atoms with Gasteiger partial charge in [0, 0.05) is 0 Å². The van der Waals surface area contributed by atoms with Gasteiger partial charge in [0.2, 0.25) is 0 Å². The molecular weight excluding hydrogens is 132 g/mol. The van der Waals surface area contributed by atoms with Gasteiger partial charge in [0.15, 0.2) is 0 Å². The molecule has 0 heteroatoms. The first kappa shape index (κ1) is 13.1. The lowest BCUT2D eigenvalue weighted by Gasteiger charge is -1.86. The van der Waals surface area contributed by atoms with E-state index in [1.807, 2.05) is 13.8 Å². The van der Waals surface area contributed by atoms with Crippen LogP contribution in [0.1, 0.15) is 41.0 Å². The average molecular weight is 154 g/mol. The molecule has 11 heavy (non-hydrogen) atoms. The molecule has 0 saturated heterocycles. The van der Waals surface area contributed by atoms with E-state index in [-0.39, 0.29) is 0 Å². The molecule has 0 aliphatic rings. The van der Waals surface area contributed by atoms with Crippen molar-refractivity contribution in [3.63, 3.8) is 0 Å². The Labute approximate surface area is 72.0 Å². The highest BCUT2D eigenvalue weighted by atomic mass is 13.8. The molecular formula is C11H22. The predicted octanol–water partition coefficient (Wildman–Crippen LogP) is 4.19.